The normalized spacial score (nSPS) is 15.1. The smallest absolute Gasteiger partial charge is 0.336 e. The van der Waals surface area contributed by atoms with Crippen molar-refractivity contribution in [3.63, 3.8) is 0 Å². The molecule has 1 saturated carbocycles. The first-order valence-electron chi connectivity index (χ1n) is 9.38. The average molecular weight is 357 g/mol. The van der Waals surface area contributed by atoms with Gasteiger partial charge in [-0.05, 0) is 56.7 Å². The number of rotatable bonds is 7. The van der Waals surface area contributed by atoms with E-state index in [9.17, 15) is 9.59 Å². The zero-order chi connectivity index (χ0) is 18.8. The molecule has 1 heterocycles. The van der Waals surface area contributed by atoms with Crippen molar-refractivity contribution in [1.82, 2.24) is 4.90 Å². The van der Waals surface area contributed by atoms with Crippen molar-refractivity contribution in [2.24, 2.45) is 5.92 Å². The zero-order valence-corrected chi connectivity index (χ0v) is 16.0. The van der Waals surface area contributed by atoms with Crippen molar-refractivity contribution in [2.45, 2.75) is 52.6 Å². The van der Waals surface area contributed by atoms with Crippen molar-refractivity contribution in [2.75, 3.05) is 13.6 Å². The van der Waals surface area contributed by atoms with Gasteiger partial charge < -0.3 is 14.1 Å². The van der Waals surface area contributed by atoms with Gasteiger partial charge in [-0.3, -0.25) is 4.79 Å². The van der Waals surface area contributed by atoms with E-state index >= 15 is 0 Å². The molecule has 1 atom stereocenters. The fraction of sp³-hybridized carbons (Fsp3) is 0.524. The van der Waals surface area contributed by atoms with Crippen LogP contribution >= 0.6 is 0 Å². The minimum absolute atomic E-state index is 0.0300. The Bertz CT molecular complexity index is 866. The fourth-order valence-electron chi connectivity index (χ4n) is 3.34. The summed E-state index contributed by atoms with van der Waals surface area (Å²) in [5.74, 6) is 1.19. The van der Waals surface area contributed by atoms with Gasteiger partial charge in [0.15, 0.2) is 6.10 Å². The highest BCUT2D eigenvalue weighted by Gasteiger charge is 2.27. The van der Waals surface area contributed by atoms with Crippen LogP contribution in [0.1, 0.15) is 44.2 Å². The Balaban J connectivity index is 1.84. The van der Waals surface area contributed by atoms with Crippen LogP contribution < -0.4 is 10.4 Å². The summed E-state index contributed by atoms with van der Waals surface area (Å²) in [5, 5.41) is 0.932. The Morgan fingerprint density at radius 1 is 1.38 bits per heavy atom. The minimum Gasteiger partial charge on any atom is -0.480 e. The highest BCUT2D eigenvalue weighted by atomic mass is 16.5. The van der Waals surface area contributed by atoms with E-state index in [4.69, 9.17) is 9.15 Å². The molecule has 5 heteroatoms. The molecule has 0 radical (unpaired) electrons. The van der Waals surface area contributed by atoms with Crippen LogP contribution in [0.15, 0.2) is 27.4 Å². The molecular weight excluding hydrogens is 330 g/mol. The number of hydrogen-bond acceptors (Lipinski definition) is 4. The molecule has 1 aromatic heterocycles. The molecule has 0 bridgehead atoms. The molecule has 1 aliphatic carbocycles. The third-order valence-electron chi connectivity index (χ3n) is 4.97. The Hall–Kier alpha value is -2.30. The number of carbonyl (C=O) groups is 1. The van der Waals surface area contributed by atoms with Gasteiger partial charge in [-0.1, -0.05) is 13.3 Å². The van der Waals surface area contributed by atoms with E-state index in [-0.39, 0.29) is 11.5 Å². The molecule has 0 saturated heterocycles. The van der Waals surface area contributed by atoms with Crippen molar-refractivity contribution < 1.29 is 13.9 Å². The number of amides is 1. The lowest BCUT2D eigenvalue weighted by atomic mass is 10.0. The van der Waals surface area contributed by atoms with Crippen LogP contribution in [-0.4, -0.2) is 30.5 Å². The van der Waals surface area contributed by atoms with Gasteiger partial charge in [-0.15, -0.1) is 0 Å². The first-order valence-corrected chi connectivity index (χ1v) is 9.38. The van der Waals surface area contributed by atoms with Gasteiger partial charge >= 0.3 is 5.63 Å². The van der Waals surface area contributed by atoms with Gasteiger partial charge in [-0.25, -0.2) is 4.79 Å². The third kappa shape index (κ3) is 3.92. The van der Waals surface area contributed by atoms with Gasteiger partial charge in [0.25, 0.3) is 5.91 Å². The quantitative estimate of drug-likeness (QED) is 0.709. The predicted octanol–water partition coefficient (Wildman–Crippen LogP) is 3.69. The summed E-state index contributed by atoms with van der Waals surface area (Å²) in [5.41, 5.74) is 1.93. The second-order valence-corrected chi connectivity index (χ2v) is 7.33. The predicted molar refractivity (Wildman–Crippen MR) is 102 cm³/mol. The van der Waals surface area contributed by atoms with E-state index in [2.05, 4.69) is 6.92 Å². The molecule has 1 fully saturated rings. The second-order valence-electron chi connectivity index (χ2n) is 7.33. The largest absolute Gasteiger partial charge is 0.480 e. The molecule has 1 unspecified atom stereocenters. The maximum atomic E-state index is 12.5. The summed E-state index contributed by atoms with van der Waals surface area (Å²) in [6, 6.07) is 5.34. The Morgan fingerprint density at radius 3 is 2.77 bits per heavy atom. The van der Waals surface area contributed by atoms with Crippen molar-refractivity contribution in [3.05, 3.63) is 39.7 Å². The van der Waals surface area contributed by atoms with E-state index in [0.717, 1.165) is 35.9 Å². The third-order valence-corrected chi connectivity index (χ3v) is 4.97. The van der Waals surface area contributed by atoms with Crippen LogP contribution in [0, 0.1) is 12.8 Å². The number of nitrogens with zero attached hydrogens (tertiary/aromatic N) is 1. The van der Waals surface area contributed by atoms with Crippen LogP contribution in [0.4, 0.5) is 0 Å². The molecular formula is C21H27NO4. The Morgan fingerprint density at radius 2 is 2.12 bits per heavy atom. The number of benzene rings is 1. The summed E-state index contributed by atoms with van der Waals surface area (Å²) in [4.78, 5) is 26.2. The SMILES string of the molecule is CCCc1cc(=O)oc2c(C)c(OC(C)C(=O)N(C)CC3CC3)ccc12. The number of likely N-dealkylation sites (N-methyl/N-ethyl adjacent to an activating group) is 1. The number of hydrogen-bond donors (Lipinski definition) is 0. The van der Waals surface area contributed by atoms with Crippen LogP contribution in [-0.2, 0) is 11.2 Å². The van der Waals surface area contributed by atoms with Gasteiger partial charge in [0.05, 0.1) is 0 Å². The maximum absolute atomic E-state index is 12.5. The monoisotopic (exact) mass is 357 g/mol. The lowest BCUT2D eigenvalue weighted by molar-refractivity contribution is -0.136. The highest BCUT2D eigenvalue weighted by Crippen LogP contribution is 2.31. The van der Waals surface area contributed by atoms with E-state index in [0.29, 0.717) is 17.3 Å². The summed E-state index contributed by atoms with van der Waals surface area (Å²) in [7, 11) is 1.82. The van der Waals surface area contributed by atoms with E-state index in [1.165, 1.54) is 12.8 Å². The summed E-state index contributed by atoms with van der Waals surface area (Å²) in [6.07, 6.45) is 3.60. The van der Waals surface area contributed by atoms with Crippen molar-refractivity contribution in [3.8, 4) is 5.75 Å². The minimum atomic E-state index is -0.583. The standard InChI is InChI=1S/C21H27NO4/c1-5-6-16-11-19(23)26-20-13(2)18(10-9-17(16)20)25-14(3)21(24)22(4)12-15-7-8-15/h9-11,14-15H,5-8,12H2,1-4H3. The van der Waals surface area contributed by atoms with Crippen molar-refractivity contribution >= 4 is 16.9 Å². The second kappa shape index (κ2) is 7.52. The molecule has 0 N–H and O–H groups in total. The van der Waals surface area contributed by atoms with Crippen LogP contribution in [0.2, 0.25) is 0 Å². The van der Waals surface area contributed by atoms with Gasteiger partial charge in [0.1, 0.15) is 11.3 Å². The van der Waals surface area contributed by atoms with E-state index < -0.39 is 6.10 Å². The zero-order valence-electron chi connectivity index (χ0n) is 16.0. The van der Waals surface area contributed by atoms with Crippen LogP contribution in [0.25, 0.3) is 11.0 Å². The molecule has 26 heavy (non-hydrogen) atoms. The Kier molecular flexibility index (Phi) is 5.35. The molecule has 140 valence electrons. The van der Waals surface area contributed by atoms with Gasteiger partial charge in [-0.2, -0.15) is 0 Å². The number of ether oxygens (including phenoxy) is 1. The van der Waals surface area contributed by atoms with E-state index in [1.807, 2.05) is 26.1 Å². The van der Waals surface area contributed by atoms with Gasteiger partial charge in [0, 0.05) is 30.6 Å². The molecule has 1 aromatic carbocycles. The molecule has 3 rings (SSSR count). The Labute approximate surface area is 153 Å². The first kappa shape index (κ1) is 18.5. The number of carbonyl (C=O) groups excluding carboxylic acids is 1. The lowest BCUT2D eigenvalue weighted by Crippen LogP contribution is -2.39. The molecule has 1 amide bonds. The first-order chi connectivity index (χ1) is 12.4. The van der Waals surface area contributed by atoms with Gasteiger partial charge in [0.2, 0.25) is 0 Å². The molecule has 0 spiro atoms. The van der Waals surface area contributed by atoms with Crippen molar-refractivity contribution in [1.29, 1.82) is 0 Å². The summed E-state index contributed by atoms with van der Waals surface area (Å²) in [6.45, 7) is 6.50. The molecule has 1 aliphatic rings. The van der Waals surface area contributed by atoms with E-state index in [1.54, 1.807) is 17.9 Å². The summed E-state index contributed by atoms with van der Waals surface area (Å²) < 4.78 is 11.4. The number of aryl methyl sites for hydroxylation is 2. The summed E-state index contributed by atoms with van der Waals surface area (Å²) >= 11 is 0. The number of fused-ring (bicyclic) bond motifs is 1. The van der Waals surface area contributed by atoms with Crippen LogP contribution in [0.3, 0.4) is 0 Å². The topological polar surface area (TPSA) is 59.8 Å². The molecule has 2 aromatic rings. The fourth-order valence-corrected chi connectivity index (χ4v) is 3.34. The highest BCUT2D eigenvalue weighted by molar-refractivity contribution is 5.85. The average Bonchev–Trinajstić information content (AvgIpc) is 3.41. The molecule has 5 nitrogen and oxygen atoms in total. The maximum Gasteiger partial charge on any atom is 0.336 e. The lowest BCUT2D eigenvalue weighted by Gasteiger charge is -2.23. The van der Waals surface area contributed by atoms with Crippen LogP contribution in [0.5, 0.6) is 5.75 Å². The molecule has 0 aliphatic heterocycles.